The second-order valence-electron chi connectivity index (χ2n) is 5.50. The third-order valence-electron chi connectivity index (χ3n) is 3.78. The van der Waals surface area contributed by atoms with Crippen LogP contribution < -0.4 is 4.90 Å². The molecule has 0 bridgehead atoms. The van der Waals surface area contributed by atoms with E-state index in [4.69, 9.17) is 4.74 Å². The first-order valence-electron chi connectivity index (χ1n) is 6.95. The second kappa shape index (κ2) is 4.56. The van der Waals surface area contributed by atoms with Crippen LogP contribution in [0.15, 0.2) is 30.3 Å². The summed E-state index contributed by atoms with van der Waals surface area (Å²) >= 11 is 0. The molecule has 5 nitrogen and oxygen atoms in total. The van der Waals surface area contributed by atoms with Gasteiger partial charge in [-0.15, -0.1) is 0 Å². The number of hydrogen-bond donors (Lipinski definition) is 1. The largest absolute Gasteiger partial charge is 0.372 e. The molecule has 1 aliphatic heterocycles. The maximum absolute atomic E-state index is 5.46. The molecule has 106 valence electrons. The molecule has 1 N–H and O–H groups in total. The summed E-state index contributed by atoms with van der Waals surface area (Å²) in [5.74, 6) is 1.76. The van der Waals surface area contributed by atoms with E-state index in [0.29, 0.717) is 13.2 Å². The number of hydrogen-bond acceptors (Lipinski definition) is 4. The molecule has 0 saturated carbocycles. The lowest BCUT2D eigenvalue weighted by Gasteiger charge is -2.09. The average molecular weight is 280 g/mol. The van der Waals surface area contributed by atoms with Crippen molar-refractivity contribution in [2.75, 3.05) is 19.0 Å². The van der Waals surface area contributed by atoms with Gasteiger partial charge in [0.25, 0.3) is 0 Å². The van der Waals surface area contributed by atoms with E-state index in [9.17, 15) is 0 Å². The zero-order chi connectivity index (χ0) is 14.4. The number of nitrogens with zero attached hydrogens (tertiary/aromatic N) is 3. The number of pyridine rings is 1. The van der Waals surface area contributed by atoms with Crippen LogP contribution in [0.3, 0.4) is 0 Å². The van der Waals surface area contributed by atoms with Crippen molar-refractivity contribution < 1.29 is 4.74 Å². The van der Waals surface area contributed by atoms with Gasteiger partial charge in [0.1, 0.15) is 11.6 Å². The van der Waals surface area contributed by atoms with Gasteiger partial charge < -0.3 is 14.6 Å². The molecule has 0 amide bonds. The Morgan fingerprint density at radius 2 is 1.90 bits per heavy atom. The van der Waals surface area contributed by atoms with Crippen LogP contribution in [0, 0.1) is 0 Å². The summed E-state index contributed by atoms with van der Waals surface area (Å²) in [6.07, 6.45) is 0. The number of anilines is 1. The Hall–Kier alpha value is -2.40. The normalized spacial score (nSPS) is 13.6. The van der Waals surface area contributed by atoms with Crippen LogP contribution in [0.25, 0.3) is 22.6 Å². The van der Waals surface area contributed by atoms with Gasteiger partial charge in [0, 0.05) is 19.7 Å². The van der Waals surface area contributed by atoms with Gasteiger partial charge in [-0.05, 0) is 29.3 Å². The summed E-state index contributed by atoms with van der Waals surface area (Å²) in [6, 6.07) is 10.3. The van der Waals surface area contributed by atoms with E-state index >= 15 is 0 Å². The Morgan fingerprint density at radius 1 is 1.05 bits per heavy atom. The highest BCUT2D eigenvalue weighted by atomic mass is 16.5. The third-order valence-corrected chi connectivity index (χ3v) is 3.78. The Labute approximate surface area is 122 Å². The van der Waals surface area contributed by atoms with Crippen LogP contribution >= 0.6 is 0 Å². The predicted octanol–water partition coefficient (Wildman–Crippen LogP) is 2.72. The van der Waals surface area contributed by atoms with Gasteiger partial charge in [-0.3, -0.25) is 0 Å². The molecule has 0 unspecified atom stereocenters. The Balaban J connectivity index is 1.80. The second-order valence-corrected chi connectivity index (χ2v) is 5.50. The van der Waals surface area contributed by atoms with Crippen LogP contribution in [0.5, 0.6) is 0 Å². The molecule has 0 atom stereocenters. The zero-order valence-corrected chi connectivity index (χ0v) is 12.1. The number of H-pyrrole nitrogens is 1. The van der Waals surface area contributed by atoms with Crippen molar-refractivity contribution >= 4 is 17.0 Å². The van der Waals surface area contributed by atoms with Crippen molar-refractivity contribution in [2.24, 2.45) is 0 Å². The van der Waals surface area contributed by atoms with Gasteiger partial charge in [0.05, 0.1) is 18.7 Å². The molecule has 2 aromatic heterocycles. The maximum Gasteiger partial charge on any atom is 0.180 e. The fourth-order valence-corrected chi connectivity index (χ4v) is 2.59. The number of fused-ring (bicyclic) bond motifs is 2. The number of imidazole rings is 1. The molecular formula is C16H16N4O. The highest BCUT2D eigenvalue weighted by Gasteiger charge is 2.14. The lowest BCUT2D eigenvalue weighted by Crippen LogP contribution is -2.10. The van der Waals surface area contributed by atoms with E-state index in [1.54, 1.807) is 0 Å². The molecule has 21 heavy (non-hydrogen) atoms. The maximum atomic E-state index is 5.46. The molecule has 0 fully saturated rings. The SMILES string of the molecule is CN(C)c1ccc2[nH]c(-c3ccc4c(c3)COC4)nc2n1. The summed E-state index contributed by atoms with van der Waals surface area (Å²) in [7, 11) is 3.95. The van der Waals surface area contributed by atoms with E-state index in [0.717, 1.165) is 28.4 Å². The van der Waals surface area contributed by atoms with Crippen LogP contribution in [0.4, 0.5) is 5.82 Å². The average Bonchev–Trinajstić information content (AvgIpc) is 3.11. The minimum absolute atomic E-state index is 0.687. The Morgan fingerprint density at radius 3 is 2.76 bits per heavy atom. The van der Waals surface area contributed by atoms with E-state index in [1.165, 1.54) is 11.1 Å². The van der Waals surface area contributed by atoms with E-state index in [2.05, 4.69) is 33.2 Å². The van der Waals surface area contributed by atoms with Gasteiger partial charge in [-0.1, -0.05) is 12.1 Å². The molecule has 1 aliphatic rings. The molecule has 4 rings (SSSR count). The quantitative estimate of drug-likeness (QED) is 0.784. The minimum Gasteiger partial charge on any atom is -0.372 e. The molecule has 1 aromatic carbocycles. The van der Waals surface area contributed by atoms with Gasteiger partial charge in [-0.2, -0.15) is 0 Å². The monoisotopic (exact) mass is 280 g/mol. The lowest BCUT2D eigenvalue weighted by atomic mass is 10.1. The molecule has 5 heteroatoms. The number of aromatic amines is 1. The first-order chi connectivity index (χ1) is 10.2. The van der Waals surface area contributed by atoms with E-state index in [1.807, 2.05) is 31.1 Å². The Bertz CT molecular complexity index is 822. The van der Waals surface area contributed by atoms with Gasteiger partial charge in [-0.25, -0.2) is 9.97 Å². The van der Waals surface area contributed by atoms with Gasteiger partial charge in [0.2, 0.25) is 0 Å². The third kappa shape index (κ3) is 2.06. The smallest absolute Gasteiger partial charge is 0.180 e. The van der Waals surface area contributed by atoms with Crippen LogP contribution in [-0.4, -0.2) is 29.0 Å². The fourth-order valence-electron chi connectivity index (χ4n) is 2.59. The van der Waals surface area contributed by atoms with Crippen LogP contribution in [0.2, 0.25) is 0 Å². The van der Waals surface area contributed by atoms with Crippen molar-refractivity contribution in [2.45, 2.75) is 13.2 Å². The molecule has 0 aliphatic carbocycles. The van der Waals surface area contributed by atoms with Gasteiger partial charge in [0.15, 0.2) is 5.65 Å². The lowest BCUT2D eigenvalue weighted by molar-refractivity contribution is 0.134. The summed E-state index contributed by atoms with van der Waals surface area (Å²) in [4.78, 5) is 14.5. The first kappa shape index (κ1) is 12.3. The number of ether oxygens (including phenoxy) is 1. The molecular weight excluding hydrogens is 264 g/mol. The standard InChI is InChI=1S/C16H16N4O/c1-20(2)14-6-5-13-16(18-14)19-15(17-13)10-3-4-11-8-21-9-12(11)7-10/h3-7H,8-9H2,1-2H3,(H,17,18,19). The first-order valence-corrected chi connectivity index (χ1v) is 6.95. The zero-order valence-electron chi connectivity index (χ0n) is 12.1. The number of benzene rings is 1. The Kier molecular flexibility index (Phi) is 2.68. The highest BCUT2D eigenvalue weighted by Crippen LogP contribution is 2.27. The summed E-state index contributed by atoms with van der Waals surface area (Å²) in [5.41, 5.74) is 5.28. The predicted molar refractivity (Wildman–Crippen MR) is 82.1 cm³/mol. The van der Waals surface area contributed by atoms with Crippen LogP contribution in [-0.2, 0) is 18.0 Å². The molecule has 3 heterocycles. The minimum atomic E-state index is 0.687. The molecule has 0 spiro atoms. The van der Waals surface area contributed by atoms with Crippen molar-refractivity contribution in [1.29, 1.82) is 0 Å². The highest BCUT2D eigenvalue weighted by molar-refractivity contribution is 5.77. The van der Waals surface area contributed by atoms with Crippen molar-refractivity contribution in [3.63, 3.8) is 0 Å². The molecule has 0 radical (unpaired) electrons. The van der Waals surface area contributed by atoms with Gasteiger partial charge >= 0.3 is 0 Å². The van der Waals surface area contributed by atoms with E-state index < -0.39 is 0 Å². The fraction of sp³-hybridized carbons (Fsp3) is 0.250. The van der Waals surface area contributed by atoms with Crippen molar-refractivity contribution in [3.05, 3.63) is 41.5 Å². The topological polar surface area (TPSA) is 54.0 Å². The van der Waals surface area contributed by atoms with Crippen LogP contribution in [0.1, 0.15) is 11.1 Å². The summed E-state index contributed by atoms with van der Waals surface area (Å²) < 4.78 is 5.46. The van der Waals surface area contributed by atoms with E-state index in [-0.39, 0.29) is 0 Å². The number of aromatic nitrogens is 3. The van der Waals surface area contributed by atoms with Crippen molar-refractivity contribution in [1.82, 2.24) is 15.0 Å². The molecule has 3 aromatic rings. The number of rotatable bonds is 2. The number of nitrogens with one attached hydrogen (secondary N) is 1. The molecule has 0 saturated heterocycles. The summed E-state index contributed by atoms with van der Waals surface area (Å²) in [6.45, 7) is 1.40. The van der Waals surface area contributed by atoms with Crippen molar-refractivity contribution in [3.8, 4) is 11.4 Å². The summed E-state index contributed by atoms with van der Waals surface area (Å²) in [5, 5.41) is 0.